The molecule has 8 heteroatoms. The van der Waals surface area contributed by atoms with Gasteiger partial charge in [-0.3, -0.25) is 19.8 Å². The third-order valence-electron chi connectivity index (χ3n) is 3.99. The number of pyridine rings is 2. The quantitative estimate of drug-likeness (QED) is 0.308. The van der Waals surface area contributed by atoms with Crippen molar-refractivity contribution in [1.29, 1.82) is 0 Å². The van der Waals surface area contributed by atoms with Gasteiger partial charge in [0.25, 0.3) is 5.69 Å². The average molecular weight is 366 g/mol. The number of hydrogen-bond donors (Lipinski definition) is 0. The highest BCUT2D eigenvalue weighted by Gasteiger charge is 2.13. The van der Waals surface area contributed by atoms with Gasteiger partial charge in [-0.15, -0.1) is 0 Å². The Bertz CT molecular complexity index is 1130. The van der Waals surface area contributed by atoms with Gasteiger partial charge < -0.3 is 0 Å². The molecule has 0 amide bonds. The smallest absolute Gasteiger partial charge is 0.267 e. The van der Waals surface area contributed by atoms with E-state index in [4.69, 9.17) is 11.6 Å². The molecule has 0 aliphatic carbocycles. The van der Waals surface area contributed by atoms with E-state index in [1.807, 2.05) is 18.3 Å². The van der Waals surface area contributed by atoms with E-state index >= 15 is 0 Å². The molecular formula is C18H12ClN5O2. The summed E-state index contributed by atoms with van der Waals surface area (Å²) in [6.07, 6.45) is 5.26. The molecule has 0 bridgehead atoms. The maximum absolute atomic E-state index is 11.1. The number of nitro groups is 1. The molecule has 128 valence electrons. The minimum atomic E-state index is -0.386. The highest BCUT2D eigenvalue weighted by atomic mass is 35.5. The fourth-order valence-electron chi connectivity index (χ4n) is 2.74. The molecule has 4 rings (SSSR count). The highest BCUT2D eigenvalue weighted by molar-refractivity contribution is 6.29. The predicted molar refractivity (Wildman–Crippen MR) is 98.0 cm³/mol. The van der Waals surface area contributed by atoms with Crippen molar-refractivity contribution in [3.63, 3.8) is 0 Å². The van der Waals surface area contributed by atoms with Crippen LogP contribution in [0.3, 0.4) is 0 Å². The van der Waals surface area contributed by atoms with Crippen molar-refractivity contribution in [2.75, 3.05) is 0 Å². The van der Waals surface area contributed by atoms with Gasteiger partial charge in [0.2, 0.25) is 0 Å². The van der Waals surface area contributed by atoms with E-state index in [9.17, 15) is 10.1 Å². The number of fused-ring (bicyclic) bond motifs is 1. The Morgan fingerprint density at radius 2 is 1.92 bits per heavy atom. The molecule has 0 atom stereocenters. The zero-order valence-corrected chi connectivity index (χ0v) is 14.2. The van der Waals surface area contributed by atoms with Crippen LogP contribution >= 0.6 is 11.6 Å². The topological polar surface area (TPSA) is 86.7 Å². The molecule has 26 heavy (non-hydrogen) atoms. The lowest BCUT2D eigenvalue weighted by Crippen LogP contribution is -2.03. The summed E-state index contributed by atoms with van der Waals surface area (Å²) >= 11 is 5.94. The molecule has 0 saturated heterocycles. The first-order valence-electron chi connectivity index (χ1n) is 7.77. The van der Waals surface area contributed by atoms with E-state index in [2.05, 4.69) is 15.1 Å². The molecule has 4 aromatic rings. The van der Waals surface area contributed by atoms with Crippen LogP contribution in [0.25, 0.3) is 22.2 Å². The number of nitro benzene ring substituents is 1. The number of halogens is 1. The average Bonchev–Trinajstić information content (AvgIpc) is 3.10. The molecule has 7 nitrogen and oxygen atoms in total. The molecular weight excluding hydrogens is 354 g/mol. The second kappa shape index (κ2) is 6.53. The summed E-state index contributed by atoms with van der Waals surface area (Å²) < 4.78 is 1.66. The van der Waals surface area contributed by atoms with Gasteiger partial charge in [-0.2, -0.15) is 5.10 Å². The molecule has 0 fully saturated rings. The maximum atomic E-state index is 11.1. The Morgan fingerprint density at radius 1 is 1.08 bits per heavy atom. The van der Waals surface area contributed by atoms with Gasteiger partial charge in [-0.25, -0.2) is 4.98 Å². The van der Waals surface area contributed by atoms with Gasteiger partial charge in [0.15, 0.2) is 0 Å². The van der Waals surface area contributed by atoms with Crippen molar-refractivity contribution >= 4 is 28.3 Å². The lowest BCUT2D eigenvalue weighted by molar-refractivity contribution is -0.385. The minimum absolute atomic E-state index is 0.0794. The molecule has 0 aliphatic rings. The van der Waals surface area contributed by atoms with E-state index in [0.29, 0.717) is 22.8 Å². The van der Waals surface area contributed by atoms with E-state index in [0.717, 1.165) is 16.6 Å². The van der Waals surface area contributed by atoms with Gasteiger partial charge in [0.1, 0.15) is 5.15 Å². The van der Waals surface area contributed by atoms with Crippen LogP contribution in [0.15, 0.2) is 61.1 Å². The Kier molecular flexibility index (Phi) is 4.06. The Morgan fingerprint density at radius 3 is 2.77 bits per heavy atom. The Labute approximate surface area is 153 Å². The SMILES string of the molecule is O=[N+]([O-])c1ccccc1Cn1cc(-c2cnc3ccc(Cl)nc3c2)cn1. The summed E-state index contributed by atoms with van der Waals surface area (Å²) in [5, 5.41) is 15.9. The van der Waals surface area contributed by atoms with Crippen molar-refractivity contribution < 1.29 is 4.92 Å². The van der Waals surface area contributed by atoms with Crippen LogP contribution in [0.2, 0.25) is 5.15 Å². The number of rotatable bonds is 4. The van der Waals surface area contributed by atoms with Crippen LogP contribution in [0.5, 0.6) is 0 Å². The molecule has 3 aromatic heterocycles. The fraction of sp³-hybridized carbons (Fsp3) is 0.0556. The van der Waals surface area contributed by atoms with Crippen molar-refractivity contribution in [3.05, 3.63) is 81.9 Å². The van der Waals surface area contributed by atoms with Gasteiger partial charge in [0.05, 0.1) is 34.3 Å². The van der Waals surface area contributed by atoms with Gasteiger partial charge in [-0.1, -0.05) is 29.8 Å². The predicted octanol–water partition coefficient (Wildman–Crippen LogP) is 4.10. The zero-order valence-electron chi connectivity index (χ0n) is 13.4. The maximum Gasteiger partial charge on any atom is 0.274 e. The molecule has 0 spiro atoms. The number of aromatic nitrogens is 4. The second-order valence-corrected chi connectivity index (χ2v) is 6.10. The number of nitrogens with zero attached hydrogens (tertiary/aromatic N) is 5. The second-order valence-electron chi connectivity index (χ2n) is 5.71. The number of benzene rings is 1. The van der Waals surface area contributed by atoms with E-state index in [1.54, 1.807) is 41.3 Å². The third kappa shape index (κ3) is 3.12. The lowest BCUT2D eigenvalue weighted by Gasteiger charge is -2.03. The Hall–Kier alpha value is -3.32. The molecule has 1 aromatic carbocycles. The normalized spacial score (nSPS) is 11.0. The van der Waals surface area contributed by atoms with Crippen LogP contribution in [-0.4, -0.2) is 24.7 Å². The zero-order chi connectivity index (χ0) is 18.1. The van der Waals surface area contributed by atoms with Crippen LogP contribution in [-0.2, 0) is 6.54 Å². The van der Waals surface area contributed by atoms with Gasteiger partial charge >= 0.3 is 0 Å². The van der Waals surface area contributed by atoms with E-state index < -0.39 is 0 Å². The van der Waals surface area contributed by atoms with Crippen molar-refractivity contribution in [2.45, 2.75) is 6.54 Å². The molecule has 0 radical (unpaired) electrons. The summed E-state index contributed by atoms with van der Waals surface area (Å²) in [6.45, 7) is 0.308. The summed E-state index contributed by atoms with van der Waals surface area (Å²) in [5.41, 5.74) is 3.82. The van der Waals surface area contributed by atoms with E-state index in [-0.39, 0.29) is 10.6 Å². The molecule has 3 heterocycles. The van der Waals surface area contributed by atoms with Crippen molar-refractivity contribution in [3.8, 4) is 11.1 Å². The van der Waals surface area contributed by atoms with Gasteiger partial charge in [-0.05, 0) is 18.2 Å². The molecule has 0 unspecified atom stereocenters. The molecule has 0 N–H and O–H groups in total. The van der Waals surface area contributed by atoms with Crippen molar-refractivity contribution in [1.82, 2.24) is 19.7 Å². The van der Waals surface area contributed by atoms with Crippen LogP contribution < -0.4 is 0 Å². The first-order chi connectivity index (χ1) is 12.6. The standard InChI is InChI=1S/C18H12ClN5O2/c19-18-6-5-15-16(22-18)7-13(8-20-15)14-9-21-23(11-14)10-12-3-1-2-4-17(12)24(25)26/h1-9,11H,10H2. The summed E-state index contributed by atoms with van der Waals surface area (Å²) in [4.78, 5) is 19.4. The first kappa shape index (κ1) is 16.2. The van der Waals surface area contributed by atoms with E-state index in [1.165, 1.54) is 6.07 Å². The summed E-state index contributed by atoms with van der Waals surface area (Å²) in [6, 6.07) is 12.0. The number of hydrogen-bond acceptors (Lipinski definition) is 5. The monoisotopic (exact) mass is 365 g/mol. The largest absolute Gasteiger partial charge is 0.274 e. The number of para-hydroxylation sites is 1. The lowest BCUT2D eigenvalue weighted by atomic mass is 10.1. The van der Waals surface area contributed by atoms with Crippen LogP contribution in [0.4, 0.5) is 5.69 Å². The fourth-order valence-corrected chi connectivity index (χ4v) is 2.89. The molecule has 0 saturated carbocycles. The summed E-state index contributed by atoms with van der Waals surface area (Å²) in [7, 11) is 0. The Balaban J connectivity index is 1.65. The third-order valence-corrected chi connectivity index (χ3v) is 4.20. The highest BCUT2D eigenvalue weighted by Crippen LogP contribution is 2.24. The van der Waals surface area contributed by atoms with Crippen molar-refractivity contribution in [2.24, 2.45) is 0 Å². The minimum Gasteiger partial charge on any atom is -0.267 e. The van der Waals surface area contributed by atoms with Crippen LogP contribution in [0.1, 0.15) is 5.56 Å². The first-order valence-corrected chi connectivity index (χ1v) is 8.15. The summed E-state index contributed by atoms with van der Waals surface area (Å²) in [5.74, 6) is 0. The molecule has 0 aliphatic heterocycles. The van der Waals surface area contributed by atoms with Crippen LogP contribution in [0, 0.1) is 10.1 Å². The van der Waals surface area contributed by atoms with Gasteiger partial charge in [0, 0.05) is 29.6 Å².